The topological polar surface area (TPSA) is 12.9 Å². The molecule has 54 valence electrons. The van der Waals surface area contributed by atoms with Crippen LogP contribution >= 0.6 is 22.6 Å². The molecular weight excluding hydrogens is 237 g/mol. The lowest BCUT2D eigenvalue weighted by atomic mass is 10.1. The second-order valence-electron chi connectivity index (χ2n) is 2.55. The Kier molecular flexibility index (Phi) is 2.65. The zero-order chi connectivity index (χ0) is 7.56. The zero-order valence-electron chi connectivity index (χ0n) is 6.13. The summed E-state index contributed by atoms with van der Waals surface area (Å²) in [7, 11) is 0. The fourth-order valence-corrected chi connectivity index (χ4v) is 1.74. The minimum absolute atomic E-state index is 0.584. The van der Waals surface area contributed by atoms with Crippen LogP contribution in [0.5, 0.6) is 0 Å². The van der Waals surface area contributed by atoms with Gasteiger partial charge in [-0.15, -0.1) is 0 Å². The Morgan fingerprint density at radius 1 is 1.50 bits per heavy atom. The summed E-state index contributed by atoms with van der Waals surface area (Å²) >= 11 is 2.34. The van der Waals surface area contributed by atoms with Crippen molar-refractivity contribution in [2.24, 2.45) is 0 Å². The number of hydrogen-bond acceptors (Lipinski definition) is 1. The van der Waals surface area contributed by atoms with Gasteiger partial charge < -0.3 is 0 Å². The SMILES string of the molecule is CC(C)c1cnccc1I. The first-order valence-corrected chi connectivity index (χ1v) is 4.39. The Bertz CT molecular complexity index is 220. The molecule has 0 N–H and O–H groups in total. The molecule has 0 unspecified atom stereocenters. The molecule has 0 aliphatic carbocycles. The molecule has 0 aromatic carbocycles. The molecule has 0 aliphatic rings. The van der Waals surface area contributed by atoms with Gasteiger partial charge in [-0.25, -0.2) is 0 Å². The monoisotopic (exact) mass is 247 g/mol. The van der Waals surface area contributed by atoms with Crippen LogP contribution in [-0.2, 0) is 0 Å². The molecule has 10 heavy (non-hydrogen) atoms. The van der Waals surface area contributed by atoms with Crippen LogP contribution in [0.4, 0.5) is 0 Å². The van der Waals surface area contributed by atoms with Crippen molar-refractivity contribution in [1.29, 1.82) is 0 Å². The zero-order valence-corrected chi connectivity index (χ0v) is 8.29. The molecule has 0 atom stereocenters. The van der Waals surface area contributed by atoms with Gasteiger partial charge in [0.2, 0.25) is 0 Å². The molecule has 1 aromatic heterocycles. The van der Waals surface area contributed by atoms with E-state index in [2.05, 4.69) is 41.4 Å². The molecule has 1 rings (SSSR count). The molecule has 0 saturated carbocycles. The Labute approximate surface area is 75.0 Å². The molecule has 0 bridgehead atoms. The van der Waals surface area contributed by atoms with Gasteiger partial charge in [-0.05, 0) is 40.1 Å². The first-order valence-electron chi connectivity index (χ1n) is 3.31. The van der Waals surface area contributed by atoms with Crippen LogP contribution in [0.15, 0.2) is 18.5 Å². The number of rotatable bonds is 1. The lowest BCUT2D eigenvalue weighted by molar-refractivity contribution is 0.851. The van der Waals surface area contributed by atoms with E-state index >= 15 is 0 Å². The highest BCUT2D eigenvalue weighted by Crippen LogP contribution is 2.18. The first-order chi connectivity index (χ1) is 4.72. The van der Waals surface area contributed by atoms with Gasteiger partial charge >= 0.3 is 0 Å². The summed E-state index contributed by atoms with van der Waals surface area (Å²) in [6, 6.07) is 2.04. The number of halogens is 1. The quantitative estimate of drug-likeness (QED) is 0.695. The average molecular weight is 247 g/mol. The molecule has 0 spiro atoms. The van der Waals surface area contributed by atoms with Crippen molar-refractivity contribution < 1.29 is 0 Å². The highest BCUT2D eigenvalue weighted by molar-refractivity contribution is 14.1. The number of aromatic nitrogens is 1. The molecule has 0 aliphatic heterocycles. The van der Waals surface area contributed by atoms with E-state index < -0.39 is 0 Å². The first kappa shape index (κ1) is 7.98. The smallest absolute Gasteiger partial charge is 0.0313 e. The Morgan fingerprint density at radius 2 is 2.20 bits per heavy atom. The van der Waals surface area contributed by atoms with Crippen molar-refractivity contribution in [2.45, 2.75) is 19.8 Å². The highest BCUT2D eigenvalue weighted by Gasteiger charge is 2.01. The van der Waals surface area contributed by atoms with Crippen molar-refractivity contribution in [3.8, 4) is 0 Å². The van der Waals surface area contributed by atoms with E-state index in [0.717, 1.165) is 0 Å². The largest absolute Gasteiger partial charge is 0.264 e. The molecule has 2 heteroatoms. The maximum absolute atomic E-state index is 4.06. The van der Waals surface area contributed by atoms with Crippen LogP contribution in [0.2, 0.25) is 0 Å². The molecule has 0 fully saturated rings. The fraction of sp³-hybridized carbons (Fsp3) is 0.375. The predicted molar refractivity (Wildman–Crippen MR) is 51.0 cm³/mol. The standard InChI is InChI=1S/C8H10IN/c1-6(2)7-5-10-4-3-8(7)9/h3-6H,1-2H3. The Hall–Kier alpha value is -0.120. The van der Waals surface area contributed by atoms with Crippen LogP contribution < -0.4 is 0 Å². The van der Waals surface area contributed by atoms with E-state index in [1.807, 2.05) is 18.5 Å². The van der Waals surface area contributed by atoms with Gasteiger partial charge in [0.15, 0.2) is 0 Å². The van der Waals surface area contributed by atoms with Gasteiger partial charge in [0.05, 0.1) is 0 Å². The van der Waals surface area contributed by atoms with E-state index in [0.29, 0.717) is 5.92 Å². The van der Waals surface area contributed by atoms with E-state index in [-0.39, 0.29) is 0 Å². The lowest BCUT2D eigenvalue weighted by Gasteiger charge is -2.05. The predicted octanol–water partition coefficient (Wildman–Crippen LogP) is 2.81. The lowest BCUT2D eigenvalue weighted by Crippen LogP contribution is -1.91. The van der Waals surface area contributed by atoms with Gasteiger partial charge in [-0.2, -0.15) is 0 Å². The van der Waals surface area contributed by atoms with Crippen LogP contribution in [-0.4, -0.2) is 4.98 Å². The number of pyridine rings is 1. The third kappa shape index (κ3) is 1.68. The van der Waals surface area contributed by atoms with Crippen LogP contribution in [0, 0.1) is 3.57 Å². The van der Waals surface area contributed by atoms with E-state index in [9.17, 15) is 0 Å². The van der Waals surface area contributed by atoms with Crippen molar-refractivity contribution in [3.63, 3.8) is 0 Å². The normalized spacial score (nSPS) is 10.4. The van der Waals surface area contributed by atoms with Gasteiger partial charge in [0, 0.05) is 16.0 Å². The fourth-order valence-electron chi connectivity index (χ4n) is 0.815. The van der Waals surface area contributed by atoms with Crippen molar-refractivity contribution in [3.05, 3.63) is 27.6 Å². The summed E-state index contributed by atoms with van der Waals surface area (Å²) in [5, 5.41) is 0. The average Bonchev–Trinajstić information content (AvgIpc) is 1.88. The maximum atomic E-state index is 4.06. The summed E-state index contributed by atoms with van der Waals surface area (Å²) in [4.78, 5) is 4.06. The van der Waals surface area contributed by atoms with Crippen LogP contribution in [0.1, 0.15) is 25.3 Å². The summed E-state index contributed by atoms with van der Waals surface area (Å²) in [5.74, 6) is 0.584. The van der Waals surface area contributed by atoms with E-state index in [1.54, 1.807) is 0 Å². The second-order valence-corrected chi connectivity index (χ2v) is 3.71. The van der Waals surface area contributed by atoms with Crippen molar-refractivity contribution in [1.82, 2.24) is 4.98 Å². The highest BCUT2D eigenvalue weighted by atomic mass is 127. The summed E-state index contributed by atoms with van der Waals surface area (Å²) < 4.78 is 1.31. The molecular formula is C8H10IN. The van der Waals surface area contributed by atoms with Crippen LogP contribution in [0.25, 0.3) is 0 Å². The Balaban J connectivity index is 3.03. The summed E-state index contributed by atoms with van der Waals surface area (Å²) in [6.45, 7) is 4.36. The third-order valence-electron chi connectivity index (χ3n) is 1.42. The molecule has 1 aromatic rings. The molecule has 1 heterocycles. The van der Waals surface area contributed by atoms with Gasteiger partial charge in [-0.3, -0.25) is 4.98 Å². The summed E-state index contributed by atoms with van der Waals surface area (Å²) in [6.07, 6.45) is 3.76. The molecule has 0 amide bonds. The van der Waals surface area contributed by atoms with E-state index in [1.165, 1.54) is 9.13 Å². The number of hydrogen-bond donors (Lipinski definition) is 0. The summed E-state index contributed by atoms with van der Waals surface area (Å²) in [5.41, 5.74) is 1.34. The van der Waals surface area contributed by atoms with Gasteiger partial charge in [-0.1, -0.05) is 13.8 Å². The minimum Gasteiger partial charge on any atom is -0.264 e. The maximum Gasteiger partial charge on any atom is 0.0313 e. The van der Waals surface area contributed by atoms with Crippen molar-refractivity contribution >= 4 is 22.6 Å². The van der Waals surface area contributed by atoms with E-state index in [4.69, 9.17) is 0 Å². The molecule has 1 nitrogen and oxygen atoms in total. The van der Waals surface area contributed by atoms with Gasteiger partial charge in [0.1, 0.15) is 0 Å². The van der Waals surface area contributed by atoms with Crippen molar-refractivity contribution in [2.75, 3.05) is 0 Å². The van der Waals surface area contributed by atoms with Crippen LogP contribution in [0.3, 0.4) is 0 Å². The molecule has 0 radical (unpaired) electrons. The molecule has 0 saturated heterocycles. The minimum atomic E-state index is 0.584. The second kappa shape index (κ2) is 3.32. The number of nitrogens with zero attached hydrogens (tertiary/aromatic N) is 1. The van der Waals surface area contributed by atoms with Gasteiger partial charge in [0.25, 0.3) is 0 Å². The Morgan fingerprint density at radius 3 is 2.60 bits per heavy atom. The third-order valence-corrected chi connectivity index (χ3v) is 2.40.